The summed E-state index contributed by atoms with van der Waals surface area (Å²) in [6, 6.07) is -0.864. The number of hydrogen-bond acceptors (Lipinski definition) is 5. The molecule has 220 valence electrons. The molecule has 0 bridgehead atoms. The van der Waals surface area contributed by atoms with E-state index in [0.717, 1.165) is 5.57 Å². The van der Waals surface area contributed by atoms with E-state index in [-0.39, 0.29) is 22.4 Å². The SMILES string of the molecule is CCC(=O)N[C@H](/C=C(\C)CO[Si](C)(C)C(C)(C)C)[C@](C)(C(=O)O)[C@@H](O[Si](C)(C)C(C)(C)C)[C@H](C)/C=C/C=O. The van der Waals surface area contributed by atoms with Gasteiger partial charge in [-0.1, -0.05) is 73.1 Å². The zero-order valence-electron chi connectivity index (χ0n) is 26.4. The quantitative estimate of drug-likeness (QED) is 0.104. The van der Waals surface area contributed by atoms with E-state index in [4.69, 9.17) is 8.85 Å². The fourth-order valence-corrected chi connectivity index (χ4v) is 5.98. The highest BCUT2D eigenvalue weighted by molar-refractivity contribution is 6.74. The topological polar surface area (TPSA) is 102 Å². The van der Waals surface area contributed by atoms with Gasteiger partial charge < -0.3 is 19.3 Å². The van der Waals surface area contributed by atoms with Crippen molar-refractivity contribution >= 4 is 34.8 Å². The summed E-state index contributed by atoms with van der Waals surface area (Å²) in [6.07, 6.45) is 4.95. The maximum Gasteiger partial charge on any atom is 0.314 e. The second-order valence-corrected chi connectivity index (χ2v) is 23.3. The number of nitrogens with one attached hydrogen (secondary N) is 1. The summed E-state index contributed by atoms with van der Waals surface area (Å²) < 4.78 is 13.2. The fourth-order valence-electron chi connectivity index (χ4n) is 3.51. The summed E-state index contributed by atoms with van der Waals surface area (Å²) in [4.78, 5) is 37.0. The maximum absolute atomic E-state index is 13.2. The van der Waals surface area contributed by atoms with Crippen LogP contribution in [0.1, 0.15) is 75.7 Å². The van der Waals surface area contributed by atoms with E-state index in [1.807, 2.05) is 19.9 Å². The highest BCUT2D eigenvalue weighted by atomic mass is 28.4. The first-order valence-electron chi connectivity index (χ1n) is 13.6. The van der Waals surface area contributed by atoms with E-state index in [1.165, 1.54) is 6.08 Å². The number of carbonyl (C=O) groups is 3. The molecule has 4 atom stereocenters. The minimum atomic E-state index is -2.46. The Kier molecular flexibility index (Phi) is 13.1. The molecule has 7 nitrogen and oxygen atoms in total. The van der Waals surface area contributed by atoms with Crippen molar-refractivity contribution in [2.24, 2.45) is 11.3 Å². The molecule has 0 aliphatic heterocycles. The van der Waals surface area contributed by atoms with Crippen molar-refractivity contribution < 1.29 is 28.3 Å². The Hall–Kier alpha value is -1.56. The number of hydrogen-bond donors (Lipinski definition) is 2. The zero-order chi connectivity index (χ0) is 30.3. The number of aldehydes is 1. The van der Waals surface area contributed by atoms with Crippen LogP contribution in [0.2, 0.25) is 36.3 Å². The minimum Gasteiger partial charge on any atom is -0.481 e. The van der Waals surface area contributed by atoms with Crippen LogP contribution < -0.4 is 5.32 Å². The van der Waals surface area contributed by atoms with Gasteiger partial charge in [0.15, 0.2) is 16.6 Å². The Morgan fingerprint density at radius 2 is 1.47 bits per heavy atom. The third kappa shape index (κ3) is 9.57. The smallest absolute Gasteiger partial charge is 0.314 e. The molecule has 0 aromatic rings. The Morgan fingerprint density at radius 3 is 1.87 bits per heavy atom. The molecule has 0 unspecified atom stereocenters. The second-order valence-electron chi connectivity index (χ2n) is 13.7. The number of aliphatic carboxylic acids is 1. The van der Waals surface area contributed by atoms with Crippen molar-refractivity contribution in [3.05, 3.63) is 23.8 Å². The molecule has 0 aromatic heterocycles. The van der Waals surface area contributed by atoms with Crippen LogP contribution in [-0.2, 0) is 23.2 Å². The van der Waals surface area contributed by atoms with Gasteiger partial charge in [-0.2, -0.15) is 0 Å². The van der Waals surface area contributed by atoms with Crippen molar-refractivity contribution in [3.8, 4) is 0 Å². The lowest BCUT2D eigenvalue weighted by Crippen LogP contribution is -2.61. The molecular weight excluding hydrogens is 514 g/mol. The first-order chi connectivity index (χ1) is 17.0. The second kappa shape index (κ2) is 13.7. The highest BCUT2D eigenvalue weighted by Gasteiger charge is 2.53. The molecule has 0 saturated heterocycles. The van der Waals surface area contributed by atoms with Crippen LogP contribution >= 0.6 is 0 Å². The first-order valence-corrected chi connectivity index (χ1v) is 19.4. The number of carboxylic acids is 1. The summed E-state index contributed by atoms with van der Waals surface area (Å²) in [5.74, 6) is -1.74. The van der Waals surface area contributed by atoms with Crippen LogP contribution in [0, 0.1) is 11.3 Å². The van der Waals surface area contributed by atoms with Crippen LogP contribution in [0.5, 0.6) is 0 Å². The number of rotatable bonds is 14. The van der Waals surface area contributed by atoms with Gasteiger partial charge in [-0.3, -0.25) is 14.4 Å². The number of carboxylic acid groups (broad SMARTS) is 1. The standard InChI is InChI=1S/C29H55NO6Si2/c1-15-24(32)30-23(19-21(2)20-35-37(11,12)27(4,5)6)29(10,26(33)34)25(22(3)17-16-18-31)36-38(13,14)28(7,8)9/h16-19,22-23,25H,15,20H2,1-14H3,(H,30,32)(H,33,34)/b17-16+,21-19+/t22-,23-,25+,29+/m1/s1. The van der Waals surface area contributed by atoms with Gasteiger partial charge in [-0.15, -0.1) is 0 Å². The lowest BCUT2D eigenvalue weighted by molar-refractivity contribution is -0.158. The molecule has 0 aromatic carbocycles. The molecule has 1 amide bonds. The van der Waals surface area contributed by atoms with Gasteiger partial charge in [0.05, 0.1) is 18.8 Å². The molecule has 0 fully saturated rings. The van der Waals surface area contributed by atoms with Crippen molar-refractivity contribution in [2.75, 3.05) is 6.61 Å². The molecule has 0 aliphatic carbocycles. The van der Waals surface area contributed by atoms with Gasteiger partial charge in [-0.25, -0.2) is 0 Å². The monoisotopic (exact) mass is 569 g/mol. The fraction of sp³-hybridized carbons (Fsp3) is 0.759. The lowest BCUT2D eigenvalue weighted by atomic mass is 9.72. The van der Waals surface area contributed by atoms with E-state index in [2.05, 4.69) is 73.0 Å². The molecule has 0 saturated carbocycles. The Balaban J connectivity index is 6.90. The van der Waals surface area contributed by atoms with Crippen molar-refractivity contribution in [3.63, 3.8) is 0 Å². The van der Waals surface area contributed by atoms with Crippen LogP contribution in [0.3, 0.4) is 0 Å². The number of allylic oxidation sites excluding steroid dienone is 1. The van der Waals surface area contributed by atoms with E-state index in [9.17, 15) is 19.5 Å². The number of carbonyl (C=O) groups excluding carboxylic acids is 2. The predicted octanol–water partition coefficient (Wildman–Crippen LogP) is 6.72. The van der Waals surface area contributed by atoms with Gasteiger partial charge in [0, 0.05) is 12.3 Å². The van der Waals surface area contributed by atoms with Gasteiger partial charge in [0.1, 0.15) is 11.7 Å². The van der Waals surface area contributed by atoms with Crippen molar-refractivity contribution in [2.45, 2.75) is 124 Å². The predicted molar refractivity (Wildman–Crippen MR) is 161 cm³/mol. The van der Waals surface area contributed by atoms with Crippen LogP contribution in [-0.4, -0.2) is 58.7 Å². The summed E-state index contributed by atoms with van der Waals surface area (Å²) in [7, 11) is -4.50. The van der Waals surface area contributed by atoms with E-state index in [0.29, 0.717) is 12.9 Å². The largest absolute Gasteiger partial charge is 0.481 e. The molecule has 2 N–H and O–H groups in total. The first kappa shape index (κ1) is 36.4. The summed E-state index contributed by atoms with van der Waals surface area (Å²) in [5.41, 5.74) is -0.698. The van der Waals surface area contributed by atoms with Crippen LogP contribution in [0.25, 0.3) is 0 Å². The molecule has 0 spiro atoms. The normalized spacial score (nSPS) is 18.0. The van der Waals surface area contributed by atoms with E-state index in [1.54, 1.807) is 19.9 Å². The molecule has 38 heavy (non-hydrogen) atoms. The molecule has 0 aliphatic rings. The van der Waals surface area contributed by atoms with Crippen LogP contribution in [0.15, 0.2) is 23.8 Å². The lowest BCUT2D eigenvalue weighted by Gasteiger charge is -2.47. The third-order valence-electron chi connectivity index (χ3n) is 8.45. The Labute approximate surface area is 234 Å². The molecule has 0 radical (unpaired) electrons. The molecule has 9 heteroatoms. The van der Waals surface area contributed by atoms with Crippen molar-refractivity contribution in [1.82, 2.24) is 5.32 Å². The van der Waals surface area contributed by atoms with E-state index < -0.39 is 46.1 Å². The van der Waals surface area contributed by atoms with Gasteiger partial charge in [0.25, 0.3) is 0 Å². The van der Waals surface area contributed by atoms with Gasteiger partial charge in [0.2, 0.25) is 5.91 Å². The Morgan fingerprint density at radius 1 is 0.974 bits per heavy atom. The average Bonchev–Trinajstić information content (AvgIpc) is 2.76. The highest BCUT2D eigenvalue weighted by Crippen LogP contribution is 2.44. The third-order valence-corrected chi connectivity index (χ3v) is 17.4. The molecule has 0 heterocycles. The minimum absolute atomic E-state index is 0.0289. The van der Waals surface area contributed by atoms with Gasteiger partial charge in [-0.05, 0) is 56.2 Å². The molecule has 0 rings (SSSR count). The molecular formula is C29H55NO6Si2. The Bertz CT molecular complexity index is 882. The maximum atomic E-state index is 13.2. The summed E-state index contributed by atoms with van der Waals surface area (Å²) in [5, 5.41) is 13.6. The zero-order valence-corrected chi connectivity index (χ0v) is 28.4. The number of amides is 1. The summed E-state index contributed by atoms with van der Waals surface area (Å²) in [6.45, 7) is 28.8. The van der Waals surface area contributed by atoms with Crippen LogP contribution in [0.4, 0.5) is 0 Å². The van der Waals surface area contributed by atoms with Crippen molar-refractivity contribution in [1.29, 1.82) is 0 Å². The average molecular weight is 570 g/mol. The van der Waals surface area contributed by atoms with E-state index >= 15 is 0 Å². The van der Waals surface area contributed by atoms with Gasteiger partial charge >= 0.3 is 5.97 Å². The summed E-state index contributed by atoms with van der Waals surface area (Å²) >= 11 is 0.